The second-order valence-electron chi connectivity index (χ2n) is 5.64. The predicted octanol–water partition coefficient (Wildman–Crippen LogP) is 2.17. The fourth-order valence-corrected chi connectivity index (χ4v) is 2.35. The first kappa shape index (κ1) is 20.0. The number of anilines is 1. The number of para-hydroxylation sites is 1. The highest BCUT2D eigenvalue weighted by Crippen LogP contribution is 2.15. The molecule has 2 amide bonds. The number of amides is 2. The van der Waals surface area contributed by atoms with Crippen LogP contribution in [0.1, 0.15) is 22.8 Å². The molecule has 27 heavy (non-hydrogen) atoms. The molecule has 0 aliphatic heterocycles. The van der Waals surface area contributed by atoms with Crippen LogP contribution in [-0.2, 0) is 20.7 Å². The van der Waals surface area contributed by atoms with E-state index >= 15 is 0 Å². The average Bonchev–Trinajstić information content (AvgIpc) is 2.70. The van der Waals surface area contributed by atoms with Crippen LogP contribution in [0, 0.1) is 0 Å². The molecule has 0 saturated heterocycles. The van der Waals surface area contributed by atoms with E-state index in [0.717, 1.165) is 17.7 Å². The van der Waals surface area contributed by atoms with Gasteiger partial charge in [0.2, 0.25) is 5.91 Å². The minimum Gasteiger partial charge on any atom is -0.484 e. The van der Waals surface area contributed by atoms with E-state index in [2.05, 4.69) is 15.4 Å². The maximum Gasteiger partial charge on any atom is 0.337 e. The van der Waals surface area contributed by atoms with Crippen molar-refractivity contribution in [3.8, 4) is 5.75 Å². The van der Waals surface area contributed by atoms with E-state index in [-0.39, 0.29) is 19.1 Å². The molecule has 0 saturated carbocycles. The summed E-state index contributed by atoms with van der Waals surface area (Å²) in [5, 5.41) is 5.26. The summed E-state index contributed by atoms with van der Waals surface area (Å²) in [4.78, 5) is 35.3. The zero-order chi connectivity index (χ0) is 19.6. The molecular formula is C20H22N2O5. The van der Waals surface area contributed by atoms with E-state index in [1.807, 2.05) is 31.2 Å². The first-order valence-corrected chi connectivity index (χ1v) is 8.49. The summed E-state index contributed by atoms with van der Waals surface area (Å²) in [5.41, 5.74) is 2.07. The van der Waals surface area contributed by atoms with Crippen LogP contribution in [0.3, 0.4) is 0 Å². The van der Waals surface area contributed by atoms with E-state index in [1.165, 1.54) is 13.2 Å². The van der Waals surface area contributed by atoms with E-state index in [4.69, 9.17) is 4.74 Å². The maximum absolute atomic E-state index is 12.0. The Morgan fingerprint density at radius 3 is 2.52 bits per heavy atom. The van der Waals surface area contributed by atoms with Gasteiger partial charge in [-0.25, -0.2) is 4.79 Å². The summed E-state index contributed by atoms with van der Waals surface area (Å²) >= 11 is 0. The first-order valence-electron chi connectivity index (χ1n) is 8.49. The van der Waals surface area contributed by atoms with Crippen molar-refractivity contribution in [1.29, 1.82) is 0 Å². The molecule has 0 atom stereocenters. The molecule has 2 rings (SSSR count). The maximum atomic E-state index is 12.0. The summed E-state index contributed by atoms with van der Waals surface area (Å²) in [6.45, 7) is 1.56. The fourth-order valence-electron chi connectivity index (χ4n) is 2.35. The van der Waals surface area contributed by atoms with Gasteiger partial charge in [0, 0.05) is 5.69 Å². The lowest BCUT2D eigenvalue weighted by Crippen LogP contribution is -2.35. The Morgan fingerprint density at radius 2 is 1.78 bits per heavy atom. The van der Waals surface area contributed by atoms with Gasteiger partial charge in [-0.3, -0.25) is 9.59 Å². The highest BCUT2D eigenvalue weighted by atomic mass is 16.5. The Morgan fingerprint density at radius 1 is 1.00 bits per heavy atom. The smallest absolute Gasteiger partial charge is 0.337 e. The van der Waals surface area contributed by atoms with Gasteiger partial charge < -0.3 is 20.1 Å². The third kappa shape index (κ3) is 6.14. The number of aryl methyl sites for hydroxylation is 1. The highest BCUT2D eigenvalue weighted by Gasteiger charge is 2.10. The number of hydrogen-bond donors (Lipinski definition) is 2. The van der Waals surface area contributed by atoms with Crippen LogP contribution < -0.4 is 15.4 Å². The number of nitrogens with one attached hydrogen (secondary N) is 2. The lowest BCUT2D eigenvalue weighted by molar-refractivity contribution is -0.125. The number of carbonyl (C=O) groups excluding carboxylic acids is 3. The van der Waals surface area contributed by atoms with Crippen molar-refractivity contribution in [3.05, 3.63) is 59.7 Å². The molecule has 0 spiro atoms. The Labute approximate surface area is 157 Å². The molecule has 0 fully saturated rings. The summed E-state index contributed by atoms with van der Waals surface area (Å²) in [5.74, 6) is -0.905. The SMILES string of the molecule is CCc1ccccc1NC(=O)CNC(=O)COc1cccc(C(=O)OC)c1. The number of benzene rings is 2. The van der Waals surface area contributed by atoms with E-state index in [0.29, 0.717) is 11.3 Å². The Hall–Kier alpha value is -3.35. The molecule has 0 unspecified atom stereocenters. The number of rotatable bonds is 8. The summed E-state index contributed by atoms with van der Waals surface area (Å²) < 4.78 is 9.97. The van der Waals surface area contributed by atoms with Gasteiger partial charge in [0.05, 0.1) is 19.2 Å². The normalized spacial score (nSPS) is 10.0. The zero-order valence-electron chi connectivity index (χ0n) is 15.3. The number of carbonyl (C=O) groups is 3. The minimum absolute atomic E-state index is 0.164. The molecule has 0 bridgehead atoms. The quantitative estimate of drug-likeness (QED) is 0.695. The number of esters is 1. The van der Waals surface area contributed by atoms with Gasteiger partial charge in [-0.1, -0.05) is 31.2 Å². The van der Waals surface area contributed by atoms with Crippen molar-refractivity contribution in [2.24, 2.45) is 0 Å². The van der Waals surface area contributed by atoms with Crippen LogP contribution in [0.2, 0.25) is 0 Å². The largest absolute Gasteiger partial charge is 0.484 e. The summed E-state index contributed by atoms with van der Waals surface area (Å²) in [7, 11) is 1.28. The average molecular weight is 370 g/mol. The number of methoxy groups -OCH3 is 1. The predicted molar refractivity (Wildman–Crippen MR) is 101 cm³/mol. The van der Waals surface area contributed by atoms with Crippen molar-refractivity contribution in [1.82, 2.24) is 5.32 Å². The van der Waals surface area contributed by atoms with E-state index in [9.17, 15) is 14.4 Å². The third-order valence-electron chi connectivity index (χ3n) is 3.74. The van der Waals surface area contributed by atoms with Crippen molar-refractivity contribution < 1.29 is 23.9 Å². The van der Waals surface area contributed by atoms with Crippen molar-refractivity contribution in [2.75, 3.05) is 25.6 Å². The van der Waals surface area contributed by atoms with Crippen LogP contribution >= 0.6 is 0 Å². The molecule has 7 heteroatoms. The highest BCUT2D eigenvalue weighted by molar-refractivity contribution is 5.95. The molecule has 2 N–H and O–H groups in total. The van der Waals surface area contributed by atoms with Crippen LogP contribution in [0.15, 0.2) is 48.5 Å². The molecule has 2 aromatic carbocycles. The number of hydrogen-bond acceptors (Lipinski definition) is 5. The molecule has 7 nitrogen and oxygen atoms in total. The molecular weight excluding hydrogens is 348 g/mol. The molecule has 0 aliphatic carbocycles. The molecule has 0 aromatic heterocycles. The van der Waals surface area contributed by atoms with Crippen LogP contribution in [0.25, 0.3) is 0 Å². The lowest BCUT2D eigenvalue weighted by atomic mass is 10.1. The molecule has 0 radical (unpaired) electrons. The topological polar surface area (TPSA) is 93.7 Å². The first-order chi connectivity index (χ1) is 13.0. The van der Waals surface area contributed by atoms with Gasteiger partial charge in [0.1, 0.15) is 5.75 Å². The van der Waals surface area contributed by atoms with Gasteiger partial charge in [0.15, 0.2) is 6.61 Å². The Balaban J connectivity index is 1.79. The molecule has 0 heterocycles. The van der Waals surface area contributed by atoms with Crippen molar-refractivity contribution in [3.63, 3.8) is 0 Å². The van der Waals surface area contributed by atoms with Gasteiger partial charge >= 0.3 is 5.97 Å². The molecule has 142 valence electrons. The van der Waals surface area contributed by atoms with E-state index < -0.39 is 11.9 Å². The minimum atomic E-state index is -0.492. The van der Waals surface area contributed by atoms with Crippen molar-refractivity contribution >= 4 is 23.5 Å². The molecule has 2 aromatic rings. The van der Waals surface area contributed by atoms with Crippen LogP contribution in [0.5, 0.6) is 5.75 Å². The third-order valence-corrected chi connectivity index (χ3v) is 3.74. The van der Waals surface area contributed by atoms with Crippen LogP contribution in [-0.4, -0.2) is 38.0 Å². The van der Waals surface area contributed by atoms with Crippen LogP contribution in [0.4, 0.5) is 5.69 Å². The monoisotopic (exact) mass is 370 g/mol. The summed E-state index contributed by atoms with van der Waals surface area (Å²) in [6.07, 6.45) is 0.793. The fraction of sp³-hybridized carbons (Fsp3) is 0.250. The lowest BCUT2D eigenvalue weighted by Gasteiger charge is -2.11. The second kappa shape index (κ2) is 9.96. The summed E-state index contributed by atoms with van der Waals surface area (Å²) in [6, 6.07) is 13.8. The zero-order valence-corrected chi connectivity index (χ0v) is 15.3. The number of ether oxygens (including phenoxy) is 2. The van der Waals surface area contributed by atoms with Crippen molar-refractivity contribution in [2.45, 2.75) is 13.3 Å². The van der Waals surface area contributed by atoms with E-state index in [1.54, 1.807) is 18.2 Å². The standard InChI is InChI=1S/C20H22N2O5/c1-3-14-7-4-5-10-17(14)22-18(23)12-21-19(24)13-27-16-9-6-8-15(11-16)20(25)26-2/h4-11H,3,12-13H2,1-2H3,(H,21,24)(H,22,23). The second-order valence-corrected chi connectivity index (χ2v) is 5.64. The Bertz CT molecular complexity index is 820. The Kier molecular flexibility index (Phi) is 7.37. The molecule has 0 aliphatic rings. The van der Waals surface area contributed by atoms with Gasteiger partial charge in [0.25, 0.3) is 5.91 Å². The van der Waals surface area contributed by atoms with Gasteiger partial charge in [-0.2, -0.15) is 0 Å². The van der Waals surface area contributed by atoms with Gasteiger partial charge in [-0.05, 0) is 36.2 Å². The van der Waals surface area contributed by atoms with Gasteiger partial charge in [-0.15, -0.1) is 0 Å².